The second kappa shape index (κ2) is 11.3. The number of hydrogen-bond acceptors (Lipinski definition) is 4. The Morgan fingerprint density at radius 1 is 1.10 bits per heavy atom. The van der Waals surface area contributed by atoms with Crippen LogP contribution in [0.5, 0.6) is 0 Å². The van der Waals surface area contributed by atoms with Crippen LogP contribution in [0.3, 0.4) is 0 Å². The van der Waals surface area contributed by atoms with Crippen LogP contribution in [0.2, 0.25) is 0 Å². The lowest BCUT2D eigenvalue weighted by atomic mass is 9.84. The zero-order valence-corrected chi connectivity index (χ0v) is 19.6. The number of carbonyl (C=O) groups excluding carboxylic acids is 1. The number of hydrogen-bond donors (Lipinski definition) is 2. The van der Waals surface area contributed by atoms with Crippen molar-refractivity contribution < 1.29 is 4.79 Å². The molecule has 1 saturated carbocycles. The summed E-state index contributed by atoms with van der Waals surface area (Å²) < 4.78 is 0. The maximum absolute atomic E-state index is 12.8. The van der Waals surface area contributed by atoms with Crippen molar-refractivity contribution in [3.8, 4) is 0 Å². The normalized spacial score (nSPS) is 19.1. The average molecular weight is 429 g/mol. The molecule has 31 heavy (non-hydrogen) atoms. The summed E-state index contributed by atoms with van der Waals surface area (Å²) in [6.45, 7) is 6.25. The van der Waals surface area contributed by atoms with Gasteiger partial charge in [0.15, 0.2) is 5.96 Å². The molecule has 0 radical (unpaired) electrons. The van der Waals surface area contributed by atoms with E-state index in [0.717, 1.165) is 62.7 Å². The fourth-order valence-electron chi connectivity index (χ4n) is 4.75. The molecule has 2 aliphatic rings. The molecule has 0 unspecified atom stereocenters. The van der Waals surface area contributed by atoms with Crippen molar-refractivity contribution in [2.24, 2.45) is 10.4 Å². The summed E-state index contributed by atoms with van der Waals surface area (Å²) in [5.41, 5.74) is 0.784. The van der Waals surface area contributed by atoms with E-state index in [-0.39, 0.29) is 11.3 Å². The van der Waals surface area contributed by atoms with Gasteiger partial charge in [-0.25, -0.2) is 9.98 Å². The first-order valence-corrected chi connectivity index (χ1v) is 12.0. The van der Waals surface area contributed by atoms with Crippen molar-refractivity contribution >= 4 is 17.7 Å². The molecular weight excluding hydrogens is 388 g/mol. The second-order valence-corrected chi connectivity index (χ2v) is 9.16. The fourth-order valence-corrected chi connectivity index (χ4v) is 4.75. The maximum Gasteiger partial charge on any atom is 0.230 e. The Morgan fingerprint density at radius 2 is 1.81 bits per heavy atom. The van der Waals surface area contributed by atoms with Crippen LogP contribution < -0.4 is 15.5 Å². The molecule has 1 aliphatic heterocycles. The van der Waals surface area contributed by atoms with Gasteiger partial charge in [-0.05, 0) is 44.2 Å². The van der Waals surface area contributed by atoms with Gasteiger partial charge >= 0.3 is 0 Å². The average Bonchev–Trinajstić information content (AvgIpc) is 3.10. The smallest absolute Gasteiger partial charge is 0.230 e. The predicted octanol–water partition coefficient (Wildman–Crippen LogP) is 3.17. The number of anilines is 1. The molecule has 7 heteroatoms. The van der Waals surface area contributed by atoms with Crippen molar-refractivity contribution in [3.05, 3.63) is 23.9 Å². The Balaban J connectivity index is 1.60. The highest BCUT2D eigenvalue weighted by Crippen LogP contribution is 2.38. The molecule has 1 aromatic heterocycles. The lowest BCUT2D eigenvalue weighted by Crippen LogP contribution is -2.49. The summed E-state index contributed by atoms with van der Waals surface area (Å²) in [6.07, 6.45) is 11.2. The third-order valence-corrected chi connectivity index (χ3v) is 6.52. The molecule has 1 saturated heterocycles. The summed E-state index contributed by atoms with van der Waals surface area (Å²) >= 11 is 0. The van der Waals surface area contributed by atoms with E-state index in [2.05, 4.69) is 34.6 Å². The lowest BCUT2D eigenvalue weighted by molar-refractivity contribution is -0.138. The number of carbonyl (C=O) groups is 1. The van der Waals surface area contributed by atoms with E-state index < -0.39 is 0 Å². The molecule has 2 N–H and O–H groups in total. The molecule has 1 aromatic rings. The first-order chi connectivity index (χ1) is 15.0. The summed E-state index contributed by atoms with van der Waals surface area (Å²) in [5.74, 6) is 2.06. The minimum absolute atomic E-state index is 0.224. The zero-order chi connectivity index (χ0) is 22.1. The molecule has 2 fully saturated rings. The molecule has 7 nitrogen and oxygen atoms in total. The standard InChI is InChI=1S/C24H40N6O/c1-4-25-23(28-19-24(13-7-8-14-24)22(31)29(2)3)27-18-20-11-12-21(26-17-20)30-15-9-5-6-10-16-30/h11-12,17H,4-10,13-16,18-19H2,1-3H3,(H2,25,27,28). The number of nitrogens with one attached hydrogen (secondary N) is 2. The second-order valence-electron chi connectivity index (χ2n) is 9.16. The summed E-state index contributed by atoms with van der Waals surface area (Å²) in [6, 6.07) is 4.26. The van der Waals surface area contributed by atoms with Crippen molar-refractivity contribution in [1.82, 2.24) is 20.5 Å². The molecule has 0 spiro atoms. The Bertz CT molecular complexity index is 716. The van der Waals surface area contributed by atoms with Crippen LogP contribution in [0, 0.1) is 5.41 Å². The van der Waals surface area contributed by atoms with Gasteiger partial charge in [-0.3, -0.25) is 4.79 Å². The zero-order valence-electron chi connectivity index (χ0n) is 19.6. The maximum atomic E-state index is 12.8. The molecule has 0 aromatic carbocycles. The summed E-state index contributed by atoms with van der Waals surface area (Å²) in [5, 5.41) is 6.76. The van der Waals surface area contributed by atoms with E-state index in [0.29, 0.717) is 13.1 Å². The van der Waals surface area contributed by atoms with Gasteiger partial charge in [0, 0.05) is 46.5 Å². The third kappa shape index (κ3) is 6.34. The summed E-state index contributed by atoms with van der Waals surface area (Å²) in [4.78, 5) is 26.4. The number of rotatable bonds is 7. The van der Waals surface area contributed by atoms with Gasteiger partial charge in [-0.15, -0.1) is 0 Å². The molecule has 1 amide bonds. The number of aromatic nitrogens is 1. The number of nitrogens with zero attached hydrogens (tertiary/aromatic N) is 4. The van der Waals surface area contributed by atoms with Crippen molar-refractivity contribution in [2.45, 2.75) is 64.8 Å². The van der Waals surface area contributed by atoms with Gasteiger partial charge in [0.1, 0.15) is 5.82 Å². The molecule has 0 bridgehead atoms. The van der Waals surface area contributed by atoms with E-state index in [4.69, 9.17) is 9.98 Å². The van der Waals surface area contributed by atoms with Crippen LogP contribution >= 0.6 is 0 Å². The van der Waals surface area contributed by atoms with Crippen molar-refractivity contribution in [2.75, 3.05) is 45.2 Å². The Kier molecular flexibility index (Phi) is 8.55. The number of amides is 1. The highest BCUT2D eigenvalue weighted by atomic mass is 16.2. The predicted molar refractivity (Wildman–Crippen MR) is 127 cm³/mol. The van der Waals surface area contributed by atoms with Gasteiger partial charge in [0.2, 0.25) is 5.91 Å². The Morgan fingerprint density at radius 3 is 2.39 bits per heavy atom. The molecule has 172 valence electrons. The molecule has 2 heterocycles. The van der Waals surface area contributed by atoms with E-state index in [1.807, 2.05) is 20.3 Å². The molecular formula is C24H40N6O. The molecule has 1 aliphatic carbocycles. The van der Waals surface area contributed by atoms with Crippen LogP contribution in [0.4, 0.5) is 5.82 Å². The molecule has 0 atom stereocenters. The van der Waals surface area contributed by atoms with E-state index >= 15 is 0 Å². The summed E-state index contributed by atoms with van der Waals surface area (Å²) in [7, 11) is 3.70. The van der Waals surface area contributed by atoms with Crippen molar-refractivity contribution in [3.63, 3.8) is 0 Å². The largest absolute Gasteiger partial charge is 0.357 e. The van der Waals surface area contributed by atoms with Crippen LogP contribution in [-0.2, 0) is 11.3 Å². The lowest BCUT2D eigenvalue weighted by Gasteiger charge is -2.31. The van der Waals surface area contributed by atoms with Crippen LogP contribution in [0.1, 0.15) is 63.9 Å². The van der Waals surface area contributed by atoms with Gasteiger partial charge in [-0.2, -0.15) is 0 Å². The first-order valence-electron chi connectivity index (χ1n) is 12.0. The van der Waals surface area contributed by atoms with Gasteiger partial charge in [-0.1, -0.05) is 31.7 Å². The highest BCUT2D eigenvalue weighted by molar-refractivity contribution is 5.85. The minimum atomic E-state index is -0.309. The topological polar surface area (TPSA) is 72.9 Å². The van der Waals surface area contributed by atoms with Gasteiger partial charge < -0.3 is 20.4 Å². The Labute approximate surface area is 187 Å². The molecule has 3 rings (SSSR count). The number of pyridine rings is 1. The van der Waals surface area contributed by atoms with Crippen molar-refractivity contribution in [1.29, 1.82) is 0 Å². The van der Waals surface area contributed by atoms with Crippen LogP contribution in [-0.4, -0.2) is 62.0 Å². The first kappa shape index (κ1) is 23.4. The van der Waals surface area contributed by atoms with E-state index in [9.17, 15) is 4.79 Å². The highest BCUT2D eigenvalue weighted by Gasteiger charge is 2.42. The quantitative estimate of drug-likeness (QED) is 0.516. The van der Waals surface area contributed by atoms with Gasteiger partial charge in [0.25, 0.3) is 0 Å². The third-order valence-electron chi connectivity index (χ3n) is 6.52. The van der Waals surface area contributed by atoms with E-state index in [1.54, 1.807) is 4.90 Å². The Hall–Kier alpha value is -2.31. The fraction of sp³-hybridized carbons (Fsp3) is 0.708. The SMILES string of the molecule is CCNC(=NCc1ccc(N2CCCCCC2)nc1)NCC1(C(=O)N(C)C)CCCC1. The van der Waals surface area contributed by atoms with Gasteiger partial charge in [0.05, 0.1) is 12.0 Å². The monoisotopic (exact) mass is 428 g/mol. The minimum Gasteiger partial charge on any atom is -0.357 e. The number of guanidine groups is 1. The van der Waals surface area contributed by atoms with E-state index in [1.165, 1.54) is 25.7 Å². The van der Waals surface area contributed by atoms with Crippen LogP contribution in [0.15, 0.2) is 23.3 Å². The van der Waals surface area contributed by atoms with Crippen LogP contribution in [0.25, 0.3) is 0 Å². The number of aliphatic imine (C=N–C) groups is 1.